The molecular weight excluding hydrogens is 196 g/mol. The summed E-state index contributed by atoms with van der Waals surface area (Å²) in [5.74, 6) is -0.302. The molecule has 0 N–H and O–H groups in total. The van der Waals surface area contributed by atoms with Gasteiger partial charge in [0.1, 0.15) is 12.9 Å². The molecule has 0 unspecified atom stereocenters. The van der Waals surface area contributed by atoms with Gasteiger partial charge in [-0.15, -0.1) is 0 Å². The molecule has 0 aliphatic rings. The molecule has 0 amide bonds. The number of benzene rings is 1. The Morgan fingerprint density at radius 2 is 1.93 bits per heavy atom. The van der Waals surface area contributed by atoms with Crippen molar-refractivity contribution in [1.82, 2.24) is 0 Å². The Morgan fingerprint density at radius 3 is 2.60 bits per heavy atom. The lowest BCUT2D eigenvalue weighted by atomic mass is 10.2. The first kappa shape index (κ1) is 9.73. The van der Waals surface area contributed by atoms with Crippen molar-refractivity contribution in [2.24, 2.45) is 0 Å². The van der Waals surface area contributed by atoms with Gasteiger partial charge < -0.3 is 13.6 Å². The van der Waals surface area contributed by atoms with E-state index < -0.39 is 5.82 Å². The van der Waals surface area contributed by atoms with E-state index in [0.29, 0.717) is 12.4 Å². The van der Waals surface area contributed by atoms with Gasteiger partial charge in [-0.3, -0.25) is 0 Å². The zero-order valence-electron chi connectivity index (χ0n) is 8.01. The highest BCUT2D eigenvalue weighted by molar-refractivity contribution is 5.13. The van der Waals surface area contributed by atoms with E-state index >= 15 is 0 Å². The SMILES string of the molecule is O=c1occ(COCc2ccccc2)o1. The smallest absolute Gasteiger partial charge is 0.399 e. The molecule has 0 saturated carbocycles. The average Bonchev–Trinajstić information content (AvgIpc) is 2.66. The maximum atomic E-state index is 10.5. The van der Waals surface area contributed by atoms with Crippen molar-refractivity contribution in [3.63, 3.8) is 0 Å². The molecule has 0 aliphatic heterocycles. The number of ether oxygens (including phenoxy) is 1. The molecule has 0 atom stereocenters. The van der Waals surface area contributed by atoms with E-state index in [1.807, 2.05) is 30.3 Å². The molecule has 78 valence electrons. The van der Waals surface area contributed by atoms with Gasteiger partial charge in [0.15, 0.2) is 5.76 Å². The lowest BCUT2D eigenvalue weighted by molar-refractivity contribution is 0.0919. The summed E-state index contributed by atoms with van der Waals surface area (Å²) in [6.45, 7) is 0.719. The topological polar surface area (TPSA) is 52.6 Å². The second-order valence-electron chi connectivity index (χ2n) is 3.03. The Kier molecular flexibility index (Phi) is 2.99. The van der Waals surface area contributed by atoms with E-state index in [1.54, 1.807) is 0 Å². The Hall–Kier alpha value is -1.81. The first-order valence-electron chi connectivity index (χ1n) is 4.54. The normalized spacial score (nSPS) is 10.4. The number of hydrogen-bond acceptors (Lipinski definition) is 4. The standard InChI is InChI=1S/C11H10O4/c12-11-14-8-10(15-11)7-13-6-9-4-2-1-3-5-9/h1-5,8H,6-7H2. The van der Waals surface area contributed by atoms with Crippen molar-refractivity contribution < 1.29 is 13.6 Å². The minimum Gasteiger partial charge on any atom is -0.399 e. The summed E-state index contributed by atoms with van der Waals surface area (Å²) < 4.78 is 14.5. The quantitative estimate of drug-likeness (QED) is 0.767. The van der Waals surface area contributed by atoms with E-state index in [1.165, 1.54) is 6.26 Å². The third kappa shape index (κ3) is 2.82. The molecule has 15 heavy (non-hydrogen) atoms. The van der Waals surface area contributed by atoms with Crippen molar-refractivity contribution in [3.05, 3.63) is 58.5 Å². The van der Waals surface area contributed by atoms with Crippen LogP contribution in [0.15, 0.2) is 50.2 Å². The van der Waals surface area contributed by atoms with Crippen molar-refractivity contribution in [3.8, 4) is 0 Å². The number of hydrogen-bond donors (Lipinski definition) is 0. The monoisotopic (exact) mass is 206 g/mol. The van der Waals surface area contributed by atoms with Crippen LogP contribution in [0.4, 0.5) is 0 Å². The Balaban J connectivity index is 1.83. The zero-order valence-corrected chi connectivity index (χ0v) is 8.01. The summed E-state index contributed by atoms with van der Waals surface area (Å²) in [5, 5.41) is 0. The molecule has 0 radical (unpaired) electrons. The third-order valence-electron chi connectivity index (χ3n) is 1.86. The summed E-state index contributed by atoms with van der Waals surface area (Å²) in [6, 6.07) is 9.75. The van der Waals surface area contributed by atoms with Crippen LogP contribution < -0.4 is 5.82 Å². The fourth-order valence-corrected chi connectivity index (χ4v) is 1.18. The van der Waals surface area contributed by atoms with E-state index in [0.717, 1.165) is 5.56 Å². The summed E-state index contributed by atoms with van der Waals surface area (Å²) in [7, 11) is 0. The Morgan fingerprint density at radius 1 is 1.13 bits per heavy atom. The van der Waals surface area contributed by atoms with Gasteiger partial charge in [-0.2, -0.15) is 0 Å². The zero-order chi connectivity index (χ0) is 10.5. The maximum absolute atomic E-state index is 10.5. The van der Waals surface area contributed by atoms with Gasteiger partial charge in [0.2, 0.25) is 0 Å². The second-order valence-corrected chi connectivity index (χ2v) is 3.03. The highest BCUT2D eigenvalue weighted by Gasteiger charge is 2.00. The van der Waals surface area contributed by atoms with Crippen LogP contribution >= 0.6 is 0 Å². The van der Waals surface area contributed by atoms with Crippen molar-refractivity contribution in [2.75, 3.05) is 0 Å². The molecule has 0 fully saturated rings. The van der Waals surface area contributed by atoms with E-state index in [-0.39, 0.29) is 6.61 Å². The minimum atomic E-state index is -0.701. The third-order valence-corrected chi connectivity index (χ3v) is 1.86. The van der Waals surface area contributed by atoms with Gasteiger partial charge in [-0.25, -0.2) is 4.79 Å². The van der Waals surface area contributed by atoms with Crippen LogP contribution in [0.25, 0.3) is 0 Å². The minimum absolute atomic E-state index is 0.237. The first-order valence-corrected chi connectivity index (χ1v) is 4.54. The fraction of sp³-hybridized carbons (Fsp3) is 0.182. The van der Waals surface area contributed by atoms with Crippen molar-refractivity contribution in [2.45, 2.75) is 13.2 Å². The Labute approximate surface area is 86.1 Å². The molecule has 1 aromatic heterocycles. The summed E-state index contributed by atoms with van der Waals surface area (Å²) in [5.41, 5.74) is 1.07. The molecular formula is C11H10O4. The van der Waals surface area contributed by atoms with E-state index in [2.05, 4.69) is 8.83 Å². The highest BCUT2D eigenvalue weighted by Crippen LogP contribution is 2.04. The molecule has 0 bridgehead atoms. The molecule has 1 aromatic carbocycles. The molecule has 4 heteroatoms. The van der Waals surface area contributed by atoms with Gasteiger partial charge in [0, 0.05) is 0 Å². The lowest BCUT2D eigenvalue weighted by Gasteiger charge is -2.00. The van der Waals surface area contributed by atoms with Crippen LogP contribution in [0.1, 0.15) is 11.3 Å². The van der Waals surface area contributed by atoms with Crippen LogP contribution in [-0.4, -0.2) is 0 Å². The molecule has 0 saturated heterocycles. The summed E-state index contributed by atoms with van der Waals surface area (Å²) in [4.78, 5) is 10.5. The van der Waals surface area contributed by atoms with Crippen LogP contribution in [0, 0.1) is 0 Å². The average molecular weight is 206 g/mol. The molecule has 2 rings (SSSR count). The molecule has 1 heterocycles. The molecule has 0 spiro atoms. The van der Waals surface area contributed by atoms with Gasteiger partial charge in [0.05, 0.1) is 6.61 Å². The largest absolute Gasteiger partial charge is 0.518 e. The number of rotatable bonds is 4. The van der Waals surface area contributed by atoms with Gasteiger partial charge in [-0.05, 0) is 5.56 Å². The lowest BCUT2D eigenvalue weighted by Crippen LogP contribution is -1.93. The van der Waals surface area contributed by atoms with Crippen LogP contribution in [0.3, 0.4) is 0 Å². The fourth-order valence-electron chi connectivity index (χ4n) is 1.18. The predicted octanol–water partition coefficient (Wildman–Crippen LogP) is 1.95. The Bertz CT molecular complexity index is 455. The molecule has 0 aliphatic carbocycles. The maximum Gasteiger partial charge on any atom is 0.518 e. The summed E-state index contributed by atoms with van der Waals surface area (Å²) >= 11 is 0. The molecule has 2 aromatic rings. The van der Waals surface area contributed by atoms with Gasteiger partial charge in [0.25, 0.3) is 0 Å². The summed E-state index contributed by atoms with van der Waals surface area (Å²) in [6.07, 6.45) is 1.26. The highest BCUT2D eigenvalue weighted by atomic mass is 16.6. The molecule has 4 nitrogen and oxygen atoms in total. The van der Waals surface area contributed by atoms with Gasteiger partial charge >= 0.3 is 5.82 Å². The van der Waals surface area contributed by atoms with Crippen LogP contribution in [0.5, 0.6) is 0 Å². The van der Waals surface area contributed by atoms with Crippen molar-refractivity contribution in [1.29, 1.82) is 0 Å². The van der Waals surface area contributed by atoms with Crippen LogP contribution in [-0.2, 0) is 18.0 Å². The second kappa shape index (κ2) is 4.61. The van der Waals surface area contributed by atoms with E-state index in [4.69, 9.17) is 4.74 Å². The van der Waals surface area contributed by atoms with Crippen LogP contribution in [0.2, 0.25) is 0 Å². The van der Waals surface area contributed by atoms with Gasteiger partial charge in [-0.1, -0.05) is 30.3 Å². The van der Waals surface area contributed by atoms with Crippen molar-refractivity contribution >= 4 is 0 Å². The van der Waals surface area contributed by atoms with E-state index in [9.17, 15) is 4.79 Å². The predicted molar refractivity (Wildman–Crippen MR) is 52.2 cm³/mol. The first-order chi connectivity index (χ1) is 7.34.